The first-order valence-electron chi connectivity index (χ1n) is 6.42. The van der Waals surface area contributed by atoms with Gasteiger partial charge in [-0.05, 0) is 32.6 Å². The van der Waals surface area contributed by atoms with E-state index >= 15 is 0 Å². The summed E-state index contributed by atoms with van der Waals surface area (Å²) in [7, 11) is 0. The molecule has 98 valence electrons. The summed E-state index contributed by atoms with van der Waals surface area (Å²) in [5, 5.41) is 2.83. The molecule has 1 fully saturated rings. The van der Waals surface area contributed by atoms with Crippen LogP contribution in [-0.4, -0.2) is 43.1 Å². The van der Waals surface area contributed by atoms with Crippen LogP contribution < -0.4 is 5.32 Å². The molecule has 1 saturated heterocycles. The van der Waals surface area contributed by atoms with E-state index in [0.717, 1.165) is 25.9 Å². The van der Waals surface area contributed by atoms with E-state index in [2.05, 4.69) is 5.32 Å². The third-order valence-electron chi connectivity index (χ3n) is 2.78. The molecule has 0 saturated carbocycles. The van der Waals surface area contributed by atoms with Crippen LogP contribution in [0.4, 0.5) is 4.79 Å². The number of amides is 2. The smallest absolute Gasteiger partial charge is 0.317 e. The molecule has 5 nitrogen and oxygen atoms in total. The largest absolute Gasteiger partial charge is 0.466 e. The lowest BCUT2D eigenvalue weighted by atomic mass is 10.1. The molecule has 0 bridgehead atoms. The number of carbonyl (C=O) groups is 2. The Morgan fingerprint density at radius 3 is 2.59 bits per heavy atom. The van der Waals surface area contributed by atoms with Gasteiger partial charge in [0.05, 0.1) is 6.61 Å². The minimum atomic E-state index is -0.195. The Labute approximate surface area is 102 Å². The SMILES string of the molecule is CCOC(=O)CCCNC(=O)N1CCCCC1. The number of nitrogens with zero attached hydrogens (tertiary/aromatic N) is 1. The first kappa shape index (κ1) is 13.8. The van der Waals surface area contributed by atoms with Crippen LogP contribution in [-0.2, 0) is 9.53 Å². The fourth-order valence-electron chi connectivity index (χ4n) is 1.87. The molecule has 0 aromatic heterocycles. The predicted molar refractivity (Wildman–Crippen MR) is 64.7 cm³/mol. The minimum Gasteiger partial charge on any atom is -0.466 e. The molecule has 2 amide bonds. The summed E-state index contributed by atoms with van der Waals surface area (Å²) in [6, 6.07) is -0.00596. The molecule has 1 N–H and O–H groups in total. The van der Waals surface area contributed by atoms with Gasteiger partial charge in [-0.1, -0.05) is 0 Å². The van der Waals surface area contributed by atoms with E-state index < -0.39 is 0 Å². The molecule has 1 heterocycles. The first-order valence-corrected chi connectivity index (χ1v) is 6.42. The van der Waals surface area contributed by atoms with Crippen molar-refractivity contribution in [3.63, 3.8) is 0 Å². The molecule has 1 rings (SSSR count). The Kier molecular flexibility index (Phi) is 6.43. The van der Waals surface area contributed by atoms with E-state index in [1.807, 2.05) is 4.90 Å². The number of nitrogens with one attached hydrogen (secondary N) is 1. The van der Waals surface area contributed by atoms with Crippen molar-refractivity contribution in [1.29, 1.82) is 0 Å². The highest BCUT2D eigenvalue weighted by Gasteiger charge is 2.15. The van der Waals surface area contributed by atoms with Crippen molar-refractivity contribution < 1.29 is 14.3 Å². The van der Waals surface area contributed by atoms with Crippen molar-refractivity contribution >= 4 is 12.0 Å². The summed E-state index contributed by atoms with van der Waals surface area (Å²) in [4.78, 5) is 24.6. The fraction of sp³-hybridized carbons (Fsp3) is 0.833. The van der Waals surface area contributed by atoms with Crippen molar-refractivity contribution in [2.75, 3.05) is 26.2 Å². The average Bonchev–Trinajstić information content (AvgIpc) is 2.36. The third-order valence-corrected chi connectivity index (χ3v) is 2.78. The number of hydrogen-bond donors (Lipinski definition) is 1. The highest BCUT2D eigenvalue weighted by Crippen LogP contribution is 2.08. The van der Waals surface area contributed by atoms with Crippen molar-refractivity contribution in [2.24, 2.45) is 0 Å². The normalized spacial score (nSPS) is 15.5. The molecule has 5 heteroatoms. The molecule has 0 aliphatic carbocycles. The standard InChI is InChI=1S/C12H22N2O3/c1-2-17-11(15)7-6-8-13-12(16)14-9-4-3-5-10-14/h2-10H2,1H3,(H,13,16). The van der Waals surface area contributed by atoms with Gasteiger partial charge in [0.15, 0.2) is 0 Å². The van der Waals surface area contributed by atoms with Crippen LogP contribution in [0.5, 0.6) is 0 Å². The van der Waals surface area contributed by atoms with E-state index in [-0.39, 0.29) is 12.0 Å². The Hall–Kier alpha value is -1.26. The van der Waals surface area contributed by atoms with Crippen LogP contribution in [0.25, 0.3) is 0 Å². The number of rotatable bonds is 5. The predicted octanol–water partition coefficient (Wildman–Crippen LogP) is 1.53. The van der Waals surface area contributed by atoms with E-state index in [9.17, 15) is 9.59 Å². The van der Waals surface area contributed by atoms with E-state index in [1.54, 1.807) is 6.92 Å². The molecule has 0 atom stereocenters. The summed E-state index contributed by atoms with van der Waals surface area (Å²) in [6.07, 6.45) is 4.41. The zero-order valence-corrected chi connectivity index (χ0v) is 10.5. The maximum absolute atomic E-state index is 11.7. The number of esters is 1. The van der Waals surface area contributed by atoms with Gasteiger partial charge >= 0.3 is 12.0 Å². The fourth-order valence-corrected chi connectivity index (χ4v) is 1.87. The van der Waals surface area contributed by atoms with Crippen LogP contribution in [0.3, 0.4) is 0 Å². The van der Waals surface area contributed by atoms with Crippen LogP contribution in [0.2, 0.25) is 0 Å². The molecule has 0 aromatic rings. The Morgan fingerprint density at radius 2 is 1.94 bits per heavy atom. The number of carbonyl (C=O) groups excluding carboxylic acids is 2. The number of likely N-dealkylation sites (tertiary alicyclic amines) is 1. The van der Waals surface area contributed by atoms with Crippen molar-refractivity contribution in [1.82, 2.24) is 10.2 Å². The first-order chi connectivity index (χ1) is 8.24. The van der Waals surface area contributed by atoms with Crippen LogP contribution in [0, 0.1) is 0 Å². The molecule has 0 spiro atoms. The molecule has 0 unspecified atom stereocenters. The van der Waals surface area contributed by atoms with Gasteiger partial charge < -0.3 is 15.0 Å². The summed E-state index contributed by atoms with van der Waals surface area (Å²) in [5.41, 5.74) is 0. The van der Waals surface area contributed by atoms with Crippen molar-refractivity contribution in [2.45, 2.75) is 39.0 Å². The maximum Gasteiger partial charge on any atom is 0.317 e. The van der Waals surface area contributed by atoms with Gasteiger partial charge in [0.25, 0.3) is 0 Å². The molecule has 1 aliphatic heterocycles. The van der Waals surface area contributed by atoms with Gasteiger partial charge in [-0.3, -0.25) is 4.79 Å². The van der Waals surface area contributed by atoms with Gasteiger partial charge in [0, 0.05) is 26.1 Å². The number of ether oxygens (including phenoxy) is 1. The van der Waals surface area contributed by atoms with Gasteiger partial charge in [-0.15, -0.1) is 0 Å². The second-order valence-electron chi connectivity index (χ2n) is 4.19. The van der Waals surface area contributed by atoms with Gasteiger partial charge in [-0.25, -0.2) is 4.79 Å². The van der Waals surface area contributed by atoms with E-state index in [1.165, 1.54) is 6.42 Å². The number of urea groups is 1. The van der Waals surface area contributed by atoms with Gasteiger partial charge in [-0.2, -0.15) is 0 Å². The zero-order chi connectivity index (χ0) is 12.5. The number of hydrogen-bond acceptors (Lipinski definition) is 3. The number of piperidine rings is 1. The van der Waals surface area contributed by atoms with E-state index in [0.29, 0.717) is 26.0 Å². The lowest BCUT2D eigenvalue weighted by molar-refractivity contribution is -0.143. The molecule has 0 aromatic carbocycles. The average molecular weight is 242 g/mol. The van der Waals surface area contributed by atoms with Crippen LogP contribution in [0.1, 0.15) is 39.0 Å². The summed E-state index contributed by atoms with van der Waals surface area (Å²) in [6.45, 7) is 4.44. The molecule has 17 heavy (non-hydrogen) atoms. The van der Waals surface area contributed by atoms with Crippen molar-refractivity contribution in [3.8, 4) is 0 Å². The zero-order valence-electron chi connectivity index (χ0n) is 10.5. The lowest BCUT2D eigenvalue weighted by Crippen LogP contribution is -2.43. The molecule has 1 aliphatic rings. The third kappa shape index (κ3) is 5.56. The van der Waals surface area contributed by atoms with Gasteiger partial charge in [0.1, 0.15) is 0 Å². The molecular formula is C12H22N2O3. The minimum absolute atomic E-state index is 0.00596. The van der Waals surface area contributed by atoms with Crippen LogP contribution in [0.15, 0.2) is 0 Å². The second kappa shape index (κ2) is 7.92. The van der Waals surface area contributed by atoms with Crippen molar-refractivity contribution in [3.05, 3.63) is 0 Å². The summed E-state index contributed by atoms with van der Waals surface area (Å²) >= 11 is 0. The molecular weight excluding hydrogens is 220 g/mol. The summed E-state index contributed by atoms with van der Waals surface area (Å²) < 4.78 is 4.80. The van der Waals surface area contributed by atoms with E-state index in [4.69, 9.17) is 4.74 Å². The second-order valence-corrected chi connectivity index (χ2v) is 4.19. The maximum atomic E-state index is 11.7. The highest BCUT2D eigenvalue weighted by molar-refractivity contribution is 5.74. The quantitative estimate of drug-likeness (QED) is 0.587. The Bertz CT molecular complexity index is 250. The monoisotopic (exact) mass is 242 g/mol. The van der Waals surface area contributed by atoms with Crippen LogP contribution >= 0.6 is 0 Å². The topological polar surface area (TPSA) is 58.6 Å². The molecule has 0 radical (unpaired) electrons. The van der Waals surface area contributed by atoms with Gasteiger partial charge in [0.2, 0.25) is 0 Å². The summed E-state index contributed by atoms with van der Waals surface area (Å²) in [5.74, 6) is -0.195. The highest BCUT2D eigenvalue weighted by atomic mass is 16.5. The lowest BCUT2D eigenvalue weighted by Gasteiger charge is -2.26. The Morgan fingerprint density at radius 1 is 1.24 bits per heavy atom. The Balaban J connectivity index is 2.05.